The quantitative estimate of drug-likeness (QED) is 0.620. The first-order chi connectivity index (χ1) is 11.3. The fourth-order valence-electron chi connectivity index (χ4n) is 3.79. The largest absolute Gasteiger partial charge is 0.262 e. The fraction of sp³-hybridized carbons (Fsp3) is 0.429. The van der Waals surface area contributed by atoms with Crippen molar-refractivity contribution >= 4 is 29.7 Å². The van der Waals surface area contributed by atoms with E-state index in [-0.39, 0.29) is 0 Å². The summed E-state index contributed by atoms with van der Waals surface area (Å²) in [6.07, 6.45) is 3.63. The molecule has 0 unspecified atom stereocenters. The van der Waals surface area contributed by atoms with Crippen molar-refractivity contribution in [2.45, 2.75) is 53.5 Å². The number of aryl methyl sites for hydroxylation is 2. The Morgan fingerprint density at radius 1 is 1.38 bits per heavy atom. The Labute approximate surface area is 155 Å². The van der Waals surface area contributed by atoms with E-state index >= 15 is 0 Å². The van der Waals surface area contributed by atoms with Gasteiger partial charge < -0.3 is 0 Å². The Balaban J connectivity index is 2.22. The van der Waals surface area contributed by atoms with Crippen LogP contribution in [0.1, 0.15) is 54.3 Å². The zero-order valence-electron chi connectivity index (χ0n) is 15.1. The fourth-order valence-corrected chi connectivity index (χ4v) is 5.40. The Morgan fingerprint density at radius 3 is 2.79 bits per heavy atom. The molecule has 0 atom stereocenters. The molecular formula is C21H27NS2. The summed E-state index contributed by atoms with van der Waals surface area (Å²) in [4.78, 5) is 2.96. The van der Waals surface area contributed by atoms with Crippen LogP contribution in [-0.4, -0.2) is 0 Å². The highest BCUT2D eigenvalue weighted by Gasteiger charge is 2.31. The Bertz CT molecular complexity index is 783. The molecule has 0 amide bonds. The molecule has 0 fully saturated rings. The number of hydrogen-bond acceptors (Lipinski definition) is 3. The van der Waals surface area contributed by atoms with Crippen molar-refractivity contribution in [1.29, 1.82) is 0 Å². The topological polar surface area (TPSA) is 12.0 Å². The number of allylic oxidation sites excluding steroid dienone is 1. The van der Waals surface area contributed by atoms with E-state index in [2.05, 4.69) is 70.0 Å². The van der Waals surface area contributed by atoms with Crippen LogP contribution in [0.4, 0.5) is 0 Å². The minimum Gasteiger partial charge on any atom is -0.262 e. The highest BCUT2D eigenvalue weighted by atomic mass is 32.1. The Kier molecular flexibility index (Phi) is 4.96. The molecule has 3 rings (SSSR count). The van der Waals surface area contributed by atoms with E-state index in [0.717, 1.165) is 13.0 Å². The Hall–Kier alpha value is -1.03. The van der Waals surface area contributed by atoms with Gasteiger partial charge in [-0.25, -0.2) is 0 Å². The summed E-state index contributed by atoms with van der Waals surface area (Å²) in [5.74, 6) is 0. The summed E-state index contributed by atoms with van der Waals surface area (Å²) in [6, 6.07) is 6.60. The molecule has 0 aliphatic heterocycles. The van der Waals surface area contributed by atoms with Crippen molar-refractivity contribution in [3.63, 3.8) is 0 Å². The van der Waals surface area contributed by atoms with Crippen LogP contribution < -0.4 is 4.72 Å². The van der Waals surface area contributed by atoms with Gasteiger partial charge in [0.1, 0.15) is 0 Å². The third-order valence-electron chi connectivity index (χ3n) is 5.11. The summed E-state index contributed by atoms with van der Waals surface area (Å²) in [6.45, 7) is 14.2. The molecule has 2 aromatic rings. The molecule has 0 radical (unpaired) electrons. The van der Waals surface area contributed by atoms with Gasteiger partial charge in [0.2, 0.25) is 0 Å². The molecule has 1 aromatic heterocycles. The molecule has 0 spiro atoms. The van der Waals surface area contributed by atoms with Crippen molar-refractivity contribution in [3.8, 4) is 10.4 Å². The maximum atomic E-state index is 4.31. The average Bonchev–Trinajstić information content (AvgIpc) is 2.86. The van der Waals surface area contributed by atoms with Crippen LogP contribution in [0.3, 0.4) is 0 Å². The maximum absolute atomic E-state index is 4.31. The Morgan fingerprint density at radius 2 is 2.12 bits per heavy atom. The number of thiol groups is 1. The molecule has 0 saturated carbocycles. The first-order valence-electron chi connectivity index (χ1n) is 8.60. The lowest BCUT2D eigenvalue weighted by molar-refractivity contribution is 0.317. The maximum Gasteiger partial charge on any atom is 0.0426 e. The molecular weight excluding hydrogens is 330 g/mol. The number of fused-ring (bicyclic) bond motifs is 1. The van der Waals surface area contributed by atoms with E-state index in [0.29, 0.717) is 5.41 Å². The third kappa shape index (κ3) is 3.22. The molecule has 1 N–H and O–H groups in total. The number of thiophene rings is 1. The first-order valence-corrected chi connectivity index (χ1v) is 9.86. The van der Waals surface area contributed by atoms with Gasteiger partial charge in [-0.05, 0) is 71.9 Å². The molecule has 1 aromatic carbocycles. The molecule has 1 nitrogen and oxygen atoms in total. The van der Waals surface area contributed by atoms with Gasteiger partial charge >= 0.3 is 0 Å². The van der Waals surface area contributed by atoms with Crippen LogP contribution >= 0.6 is 24.2 Å². The highest BCUT2D eigenvalue weighted by molar-refractivity contribution is 7.78. The molecule has 1 aliphatic carbocycles. The zero-order valence-corrected chi connectivity index (χ0v) is 16.8. The van der Waals surface area contributed by atoms with E-state index < -0.39 is 0 Å². The van der Waals surface area contributed by atoms with Crippen LogP contribution in [0.15, 0.2) is 24.8 Å². The van der Waals surface area contributed by atoms with Crippen molar-refractivity contribution in [1.82, 2.24) is 4.72 Å². The van der Waals surface area contributed by atoms with Gasteiger partial charge in [0.25, 0.3) is 0 Å². The van der Waals surface area contributed by atoms with E-state index in [4.69, 9.17) is 0 Å². The molecule has 128 valence electrons. The van der Waals surface area contributed by atoms with Crippen molar-refractivity contribution in [2.75, 3.05) is 0 Å². The predicted molar refractivity (Wildman–Crippen MR) is 111 cm³/mol. The van der Waals surface area contributed by atoms with Crippen LogP contribution in [0.5, 0.6) is 0 Å². The predicted octanol–water partition coefficient (Wildman–Crippen LogP) is 6.21. The monoisotopic (exact) mass is 357 g/mol. The van der Waals surface area contributed by atoms with Crippen molar-refractivity contribution in [3.05, 3.63) is 51.9 Å². The van der Waals surface area contributed by atoms with E-state index in [1.807, 2.05) is 11.3 Å². The van der Waals surface area contributed by atoms with Crippen LogP contribution in [-0.2, 0) is 19.4 Å². The minimum absolute atomic E-state index is 0.387. The van der Waals surface area contributed by atoms with Gasteiger partial charge in [0.15, 0.2) is 0 Å². The van der Waals surface area contributed by atoms with Crippen LogP contribution in [0, 0.1) is 12.3 Å². The standard InChI is InChI=1S/C21H27NS2/c1-13(2)19-16-11-21(4,5)10-9-18(16)24-20(19)15-8-6-7-14(3)17(15)12-22-23/h6-8,22-23H,1,9-12H2,2-5H3. The van der Waals surface area contributed by atoms with Gasteiger partial charge in [0.05, 0.1) is 0 Å². The summed E-state index contributed by atoms with van der Waals surface area (Å²) in [5, 5.41) is 0. The lowest BCUT2D eigenvalue weighted by Crippen LogP contribution is -2.21. The van der Waals surface area contributed by atoms with Gasteiger partial charge in [0, 0.05) is 16.3 Å². The lowest BCUT2D eigenvalue weighted by Gasteiger charge is -2.30. The van der Waals surface area contributed by atoms with E-state index in [9.17, 15) is 0 Å². The first kappa shape index (κ1) is 17.8. The SMILES string of the molecule is C=C(C)c1c(-c2cccc(C)c2CNS)sc2c1CC(C)(C)CC2. The molecule has 0 bridgehead atoms. The van der Waals surface area contributed by atoms with E-state index in [1.54, 1.807) is 10.4 Å². The number of rotatable bonds is 4. The molecule has 1 heterocycles. The zero-order chi connectivity index (χ0) is 17.5. The molecule has 1 aliphatic rings. The second kappa shape index (κ2) is 6.70. The third-order valence-corrected chi connectivity index (χ3v) is 6.60. The summed E-state index contributed by atoms with van der Waals surface area (Å²) in [7, 11) is 0. The second-order valence-electron chi connectivity index (χ2n) is 7.77. The highest BCUT2D eigenvalue weighted by Crippen LogP contribution is 2.47. The second-order valence-corrected chi connectivity index (χ2v) is 9.19. The molecule has 0 saturated heterocycles. The van der Waals surface area contributed by atoms with Gasteiger partial charge in [-0.2, -0.15) is 0 Å². The number of benzene rings is 1. The van der Waals surface area contributed by atoms with Gasteiger partial charge in [-0.15, -0.1) is 11.3 Å². The number of hydrogen-bond donors (Lipinski definition) is 2. The van der Waals surface area contributed by atoms with Crippen LogP contribution in [0.25, 0.3) is 16.0 Å². The number of nitrogens with one attached hydrogen (secondary N) is 1. The van der Waals surface area contributed by atoms with Crippen molar-refractivity contribution in [2.24, 2.45) is 5.41 Å². The average molecular weight is 358 g/mol. The van der Waals surface area contributed by atoms with Crippen molar-refractivity contribution < 1.29 is 0 Å². The smallest absolute Gasteiger partial charge is 0.0426 e. The van der Waals surface area contributed by atoms with Gasteiger partial charge in [-0.1, -0.05) is 51.4 Å². The van der Waals surface area contributed by atoms with E-state index in [1.165, 1.54) is 45.5 Å². The summed E-state index contributed by atoms with van der Waals surface area (Å²) >= 11 is 6.22. The van der Waals surface area contributed by atoms with Crippen LogP contribution in [0.2, 0.25) is 0 Å². The molecule has 3 heteroatoms. The summed E-state index contributed by atoms with van der Waals surface area (Å²) < 4.78 is 3.04. The lowest BCUT2D eigenvalue weighted by atomic mass is 9.75. The normalized spacial score (nSPS) is 16.0. The summed E-state index contributed by atoms with van der Waals surface area (Å²) in [5.41, 5.74) is 8.51. The minimum atomic E-state index is 0.387. The van der Waals surface area contributed by atoms with Gasteiger partial charge in [-0.3, -0.25) is 4.72 Å². The molecule has 24 heavy (non-hydrogen) atoms.